The third-order valence-corrected chi connectivity index (χ3v) is 4.02. The average molecular weight is 382 g/mol. The fourth-order valence-electron chi connectivity index (χ4n) is 2.53. The van der Waals surface area contributed by atoms with E-state index in [2.05, 4.69) is 20.1 Å². The number of rotatable bonds is 5. The number of halogens is 1. The highest BCUT2D eigenvalue weighted by atomic mass is 35.5. The fraction of sp³-hybridized carbons (Fsp3) is 0.562. The molecule has 0 atom stereocenters. The Morgan fingerprint density at radius 1 is 1.35 bits per heavy atom. The molecule has 0 N–H and O–H groups in total. The van der Waals surface area contributed by atoms with Gasteiger partial charge in [-0.15, -0.1) is 0 Å². The van der Waals surface area contributed by atoms with Crippen LogP contribution in [0.25, 0.3) is 11.5 Å². The molecule has 0 unspecified atom stereocenters. The molecule has 0 radical (unpaired) electrons. The number of aromatic nitrogens is 4. The number of hydrogen-bond donors (Lipinski definition) is 0. The quantitative estimate of drug-likeness (QED) is 0.728. The van der Waals surface area contributed by atoms with Gasteiger partial charge in [0.1, 0.15) is 6.61 Å². The summed E-state index contributed by atoms with van der Waals surface area (Å²) < 4.78 is 16.2. The molecule has 0 bridgehead atoms. The van der Waals surface area contributed by atoms with Crippen LogP contribution in [0.3, 0.4) is 0 Å². The molecule has 10 heteroatoms. The van der Waals surface area contributed by atoms with Crippen molar-refractivity contribution in [3.63, 3.8) is 0 Å². The van der Waals surface area contributed by atoms with E-state index >= 15 is 0 Å². The molecule has 9 nitrogen and oxygen atoms in total. The lowest BCUT2D eigenvalue weighted by Gasteiger charge is -2.31. The van der Waals surface area contributed by atoms with E-state index in [1.54, 1.807) is 4.90 Å². The van der Waals surface area contributed by atoms with E-state index in [0.29, 0.717) is 30.4 Å². The molecule has 26 heavy (non-hydrogen) atoms. The lowest BCUT2D eigenvalue weighted by molar-refractivity contribution is -0.00899. The van der Waals surface area contributed by atoms with Crippen LogP contribution in [0, 0.1) is 0 Å². The van der Waals surface area contributed by atoms with Crippen LogP contribution >= 0.6 is 11.6 Å². The Hall–Kier alpha value is -2.26. The van der Waals surface area contributed by atoms with E-state index in [9.17, 15) is 4.79 Å². The highest BCUT2D eigenvalue weighted by Gasteiger charge is 2.25. The molecule has 1 aliphatic heterocycles. The zero-order valence-corrected chi connectivity index (χ0v) is 15.3. The maximum absolute atomic E-state index is 11.9. The van der Waals surface area contributed by atoms with Gasteiger partial charge in [0.15, 0.2) is 5.82 Å². The lowest BCUT2D eigenvalue weighted by Crippen LogP contribution is -2.41. The van der Waals surface area contributed by atoms with Crippen molar-refractivity contribution in [1.29, 1.82) is 0 Å². The Balaban J connectivity index is 1.46. The van der Waals surface area contributed by atoms with E-state index in [-0.39, 0.29) is 30.2 Å². The fourth-order valence-corrected chi connectivity index (χ4v) is 2.62. The molecule has 0 aliphatic carbocycles. The Labute approximate surface area is 155 Å². The molecular weight excluding hydrogens is 362 g/mol. The summed E-state index contributed by atoms with van der Waals surface area (Å²) >= 11 is 5.65. The molecule has 0 saturated carbocycles. The van der Waals surface area contributed by atoms with Crippen LogP contribution in [0.4, 0.5) is 4.79 Å². The van der Waals surface area contributed by atoms with Crippen LogP contribution in [0.5, 0.6) is 0 Å². The molecule has 140 valence electrons. The second-order valence-electron chi connectivity index (χ2n) is 6.19. The first-order valence-electron chi connectivity index (χ1n) is 8.39. The number of carbonyl (C=O) groups is 1. The van der Waals surface area contributed by atoms with Crippen molar-refractivity contribution in [2.75, 3.05) is 13.1 Å². The maximum atomic E-state index is 11.9. The van der Waals surface area contributed by atoms with Crippen LogP contribution in [0.2, 0.25) is 5.28 Å². The summed E-state index contributed by atoms with van der Waals surface area (Å²) in [6.07, 6.45) is 4.16. The second-order valence-corrected chi connectivity index (χ2v) is 6.52. The summed E-state index contributed by atoms with van der Waals surface area (Å²) in [5.41, 5.74) is 0.588. The first kappa shape index (κ1) is 18.5. The van der Waals surface area contributed by atoms with Gasteiger partial charge in [-0.25, -0.2) is 14.8 Å². The largest absolute Gasteiger partial charge is 0.447 e. The maximum Gasteiger partial charge on any atom is 0.410 e. The van der Waals surface area contributed by atoms with E-state index in [0.717, 1.165) is 12.8 Å². The third kappa shape index (κ3) is 4.89. The Morgan fingerprint density at radius 3 is 2.69 bits per heavy atom. The molecule has 1 aliphatic rings. The predicted molar refractivity (Wildman–Crippen MR) is 91.3 cm³/mol. The second kappa shape index (κ2) is 8.41. The summed E-state index contributed by atoms with van der Waals surface area (Å²) in [6.45, 7) is 5.12. The molecule has 3 rings (SSSR count). The monoisotopic (exact) mass is 381 g/mol. The van der Waals surface area contributed by atoms with Gasteiger partial charge in [0, 0.05) is 25.5 Å². The van der Waals surface area contributed by atoms with Gasteiger partial charge in [-0.1, -0.05) is 5.16 Å². The number of carbonyl (C=O) groups excluding carboxylic acids is 1. The third-order valence-electron chi connectivity index (χ3n) is 3.82. The number of piperidine rings is 1. The van der Waals surface area contributed by atoms with Gasteiger partial charge in [-0.2, -0.15) is 4.98 Å². The van der Waals surface area contributed by atoms with Crippen molar-refractivity contribution >= 4 is 17.7 Å². The van der Waals surface area contributed by atoms with Crippen LogP contribution in [-0.4, -0.2) is 56.4 Å². The summed E-state index contributed by atoms with van der Waals surface area (Å²) in [6, 6.07) is 0. The van der Waals surface area contributed by atoms with Gasteiger partial charge >= 0.3 is 6.09 Å². The van der Waals surface area contributed by atoms with Gasteiger partial charge < -0.3 is 18.9 Å². The Kier molecular flexibility index (Phi) is 6.00. The normalized spacial score (nSPS) is 15.5. The van der Waals surface area contributed by atoms with Crippen molar-refractivity contribution in [1.82, 2.24) is 25.0 Å². The van der Waals surface area contributed by atoms with E-state index in [4.69, 9.17) is 25.6 Å². The van der Waals surface area contributed by atoms with Crippen molar-refractivity contribution in [3.8, 4) is 11.5 Å². The number of ether oxygens (including phenoxy) is 2. The Bertz CT molecular complexity index is 728. The minimum absolute atomic E-state index is 0.0407. The number of hydrogen-bond acceptors (Lipinski definition) is 8. The van der Waals surface area contributed by atoms with E-state index < -0.39 is 0 Å². The molecule has 2 aromatic heterocycles. The standard InChI is InChI=1S/C16H20ClN5O4/c1-10(2)25-16(23)22-5-3-12(4-6-22)24-9-13-20-14(26-21-13)11-7-18-15(17)19-8-11/h7-8,10,12H,3-6,9H2,1-2H3. The van der Waals surface area contributed by atoms with E-state index in [1.807, 2.05) is 13.8 Å². The number of nitrogens with zero attached hydrogens (tertiary/aromatic N) is 5. The molecule has 1 saturated heterocycles. The average Bonchev–Trinajstić information content (AvgIpc) is 3.09. The highest BCUT2D eigenvalue weighted by Crippen LogP contribution is 2.19. The molecular formula is C16H20ClN5O4. The topological polar surface area (TPSA) is 103 Å². The number of likely N-dealkylation sites (tertiary alicyclic amines) is 1. The zero-order valence-electron chi connectivity index (χ0n) is 14.6. The summed E-state index contributed by atoms with van der Waals surface area (Å²) in [4.78, 5) is 25.6. The summed E-state index contributed by atoms with van der Waals surface area (Å²) in [5, 5.41) is 4.04. The first-order valence-corrected chi connectivity index (χ1v) is 8.76. The van der Waals surface area contributed by atoms with Crippen molar-refractivity contribution in [2.45, 2.75) is 45.5 Å². The molecule has 1 amide bonds. The van der Waals surface area contributed by atoms with Crippen LogP contribution in [-0.2, 0) is 16.1 Å². The molecule has 3 heterocycles. The van der Waals surface area contributed by atoms with Crippen molar-refractivity contribution in [2.24, 2.45) is 0 Å². The van der Waals surface area contributed by atoms with Crippen LogP contribution in [0.15, 0.2) is 16.9 Å². The molecule has 2 aromatic rings. The van der Waals surface area contributed by atoms with Gasteiger partial charge in [-0.05, 0) is 38.3 Å². The number of amides is 1. The van der Waals surface area contributed by atoms with Crippen molar-refractivity contribution < 1.29 is 18.8 Å². The zero-order chi connectivity index (χ0) is 18.5. The van der Waals surface area contributed by atoms with Gasteiger partial charge in [-0.3, -0.25) is 0 Å². The summed E-state index contributed by atoms with van der Waals surface area (Å²) in [7, 11) is 0. The smallest absolute Gasteiger partial charge is 0.410 e. The predicted octanol–water partition coefficient (Wildman–Crippen LogP) is 2.71. The first-order chi connectivity index (χ1) is 12.5. The highest BCUT2D eigenvalue weighted by molar-refractivity contribution is 6.28. The lowest BCUT2D eigenvalue weighted by atomic mass is 10.1. The van der Waals surface area contributed by atoms with Crippen LogP contribution in [0.1, 0.15) is 32.5 Å². The Morgan fingerprint density at radius 2 is 2.04 bits per heavy atom. The van der Waals surface area contributed by atoms with E-state index in [1.165, 1.54) is 12.4 Å². The van der Waals surface area contributed by atoms with Gasteiger partial charge in [0.05, 0.1) is 17.8 Å². The summed E-state index contributed by atoms with van der Waals surface area (Å²) in [5.74, 6) is 0.753. The van der Waals surface area contributed by atoms with Gasteiger partial charge in [0.2, 0.25) is 5.28 Å². The molecule has 1 fully saturated rings. The SMILES string of the molecule is CC(C)OC(=O)N1CCC(OCc2noc(-c3cnc(Cl)nc3)n2)CC1. The molecule has 0 spiro atoms. The van der Waals surface area contributed by atoms with Crippen molar-refractivity contribution in [3.05, 3.63) is 23.5 Å². The molecule has 0 aromatic carbocycles. The van der Waals surface area contributed by atoms with Crippen LogP contribution < -0.4 is 0 Å². The van der Waals surface area contributed by atoms with Gasteiger partial charge in [0.25, 0.3) is 5.89 Å². The minimum Gasteiger partial charge on any atom is -0.447 e. The minimum atomic E-state index is -0.272.